The van der Waals surface area contributed by atoms with Crippen LogP contribution in [0, 0.1) is 0 Å². The van der Waals surface area contributed by atoms with E-state index >= 15 is 0 Å². The Morgan fingerprint density at radius 3 is 2.82 bits per heavy atom. The van der Waals surface area contributed by atoms with Crippen LogP contribution in [0.2, 0.25) is 0 Å². The van der Waals surface area contributed by atoms with Gasteiger partial charge in [0, 0.05) is 12.4 Å². The van der Waals surface area contributed by atoms with E-state index in [2.05, 4.69) is 17.2 Å². The van der Waals surface area contributed by atoms with Crippen LogP contribution in [0.25, 0.3) is 0 Å². The zero-order chi connectivity index (χ0) is 7.73. The summed E-state index contributed by atoms with van der Waals surface area (Å²) in [4.78, 5) is 3.09. The van der Waals surface area contributed by atoms with E-state index in [0.29, 0.717) is 5.41 Å². The van der Waals surface area contributed by atoms with Crippen LogP contribution in [-0.2, 0) is 5.41 Å². The molecule has 3 N–H and O–H groups in total. The third-order valence-corrected chi connectivity index (χ3v) is 2.69. The van der Waals surface area contributed by atoms with Crippen molar-refractivity contribution in [1.82, 2.24) is 4.98 Å². The van der Waals surface area contributed by atoms with E-state index in [-0.39, 0.29) is 0 Å². The van der Waals surface area contributed by atoms with Gasteiger partial charge in [-0.1, -0.05) is 0 Å². The molecule has 2 rings (SSSR count). The Balaban J connectivity index is 2.15. The molecule has 11 heavy (non-hydrogen) atoms. The van der Waals surface area contributed by atoms with Crippen LogP contribution in [0.4, 0.5) is 0 Å². The highest BCUT2D eigenvalue weighted by atomic mass is 14.7. The largest absolute Gasteiger partial charge is 0.367 e. The van der Waals surface area contributed by atoms with Crippen molar-refractivity contribution < 1.29 is 0 Å². The van der Waals surface area contributed by atoms with Gasteiger partial charge in [-0.15, -0.1) is 0 Å². The lowest BCUT2D eigenvalue weighted by molar-refractivity contribution is 0.630. The molecule has 1 aliphatic carbocycles. The van der Waals surface area contributed by atoms with Crippen LogP contribution < -0.4 is 5.73 Å². The summed E-state index contributed by atoms with van der Waals surface area (Å²) in [6.45, 7) is 0.811. The zero-order valence-electron chi connectivity index (χ0n) is 6.64. The van der Waals surface area contributed by atoms with Crippen molar-refractivity contribution in [1.29, 1.82) is 0 Å². The zero-order valence-corrected chi connectivity index (χ0v) is 6.64. The predicted octanol–water partition coefficient (Wildman–Crippen LogP) is 1.40. The first-order valence-corrected chi connectivity index (χ1v) is 4.21. The lowest BCUT2D eigenvalue weighted by Gasteiger charge is -2.10. The Bertz CT molecular complexity index is 222. The van der Waals surface area contributed by atoms with Crippen LogP contribution in [0.5, 0.6) is 0 Å². The summed E-state index contributed by atoms with van der Waals surface area (Å²) in [5.41, 5.74) is 7.46. The molecule has 1 aromatic rings. The van der Waals surface area contributed by atoms with Crippen molar-refractivity contribution in [2.45, 2.75) is 24.7 Å². The minimum Gasteiger partial charge on any atom is -0.367 e. The van der Waals surface area contributed by atoms with Crippen molar-refractivity contribution in [3.8, 4) is 0 Å². The summed E-state index contributed by atoms with van der Waals surface area (Å²) in [7, 11) is 0. The van der Waals surface area contributed by atoms with Gasteiger partial charge in [-0.05, 0) is 42.9 Å². The lowest BCUT2D eigenvalue weighted by Crippen LogP contribution is -2.12. The molecule has 2 nitrogen and oxygen atoms in total. The van der Waals surface area contributed by atoms with Gasteiger partial charge in [0.1, 0.15) is 0 Å². The summed E-state index contributed by atoms with van der Waals surface area (Å²) in [5.74, 6) is 0. The average molecular weight is 150 g/mol. The maximum atomic E-state index is 5.55. The topological polar surface area (TPSA) is 41.8 Å². The molecule has 1 aromatic heterocycles. The molecule has 1 fully saturated rings. The molecule has 1 heterocycles. The Kier molecular flexibility index (Phi) is 1.50. The summed E-state index contributed by atoms with van der Waals surface area (Å²) in [5, 5.41) is 0. The molecular weight excluding hydrogens is 136 g/mol. The summed E-state index contributed by atoms with van der Waals surface area (Å²) >= 11 is 0. The summed E-state index contributed by atoms with van der Waals surface area (Å²) in [6, 6.07) is 2.17. The van der Waals surface area contributed by atoms with Crippen LogP contribution in [0.1, 0.15) is 24.8 Å². The Labute approximate surface area is 66.8 Å². The van der Waals surface area contributed by atoms with Crippen molar-refractivity contribution in [2.75, 3.05) is 6.54 Å². The molecule has 0 atom stereocenters. The molecular formula is C9H14N2. The highest BCUT2D eigenvalue weighted by Gasteiger charge is 2.43. The van der Waals surface area contributed by atoms with E-state index < -0.39 is 0 Å². The fraction of sp³-hybridized carbons (Fsp3) is 0.556. The highest BCUT2D eigenvalue weighted by molar-refractivity contribution is 5.28. The number of nitrogens with two attached hydrogens (primary N) is 1. The molecule has 1 saturated carbocycles. The highest BCUT2D eigenvalue weighted by Crippen LogP contribution is 2.50. The Morgan fingerprint density at radius 1 is 1.55 bits per heavy atom. The van der Waals surface area contributed by atoms with Crippen LogP contribution >= 0.6 is 0 Å². The molecule has 2 heteroatoms. The van der Waals surface area contributed by atoms with E-state index in [9.17, 15) is 0 Å². The monoisotopic (exact) mass is 150 g/mol. The molecule has 1 aliphatic rings. The van der Waals surface area contributed by atoms with Gasteiger partial charge in [0.05, 0.1) is 0 Å². The fourth-order valence-electron chi connectivity index (χ4n) is 1.76. The van der Waals surface area contributed by atoms with E-state index in [0.717, 1.165) is 13.0 Å². The van der Waals surface area contributed by atoms with E-state index in [1.54, 1.807) is 0 Å². The maximum Gasteiger partial charge on any atom is 0.00430 e. The summed E-state index contributed by atoms with van der Waals surface area (Å²) < 4.78 is 0. The van der Waals surface area contributed by atoms with Crippen LogP contribution in [0.15, 0.2) is 18.5 Å². The molecule has 60 valence electrons. The second kappa shape index (κ2) is 2.38. The minimum absolute atomic E-state index is 0.467. The van der Waals surface area contributed by atoms with Gasteiger partial charge in [0.2, 0.25) is 0 Å². The second-order valence-corrected chi connectivity index (χ2v) is 3.42. The van der Waals surface area contributed by atoms with Crippen molar-refractivity contribution in [2.24, 2.45) is 5.73 Å². The minimum atomic E-state index is 0.467. The van der Waals surface area contributed by atoms with Gasteiger partial charge < -0.3 is 10.7 Å². The first-order chi connectivity index (χ1) is 5.37. The van der Waals surface area contributed by atoms with E-state index in [1.165, 1.54) is 18.4 Å². The lowest BCUT2D eigenvalue weighted by atomic mass is 9.95. The molecule has 0 amide bonds. The summed E-state index contributed by atoms with van der Waals surface area (Å²) in [6.07, 6.45) is 7.88. The molecule has 0 unspecified atom stereocenters. The average Bonchev–Trinajstić information content (AvgIpc) is 2.63. The Hall–Kier alpha value is -0.760. The standard InChI is InChI=1S/C9H14N2/c10-5-4-9(2-3-9)8-1-6-11-7-8/h1,6-7,11H,2-5,10H2. The number of hydrogen-bond acceptors (Lipinski definition) is 1. The first-order valence-electron chi connectivity index (χ1n) is 4.21. The van der Waals surface area contributed by atoms with E-state index in [1.807, 2.05) is 6.20 Å². The van der Waals surface area contributed by atoms with Crippen molar-refractivity contribution in [3.05, 3.63) is 24.0 Å². The molecule has 0 bridgehead atoms. The number of rotatable bonds is 3. The van der Waals surface area contributed by atoms with Gasteiger partial charge in [-0.2, -0.15) is 0 Å². The quantitative estimate of drug-likeness (QED) is 0.671. The number of H-pyrrole nitrogens is 1. The van der Waals surface area contributed by atoms with Gasteiger partial charge >= 0.3 is 0 Å². The molecule has 0 aromatic carbocycles. The first kappa shape index (κ1) is 6.92. The van der Waals surface area contributed by atoms with Gasteiger partial charge in [0.15, 0.2) is 0 Å². The molecule has 0 aliphatic heterocycles. The van der Waals surface area contributed by atoms with Crippen molar-refractivity contribution >= 4 is 0 Å². The van der Waals surface area contributed by atoms with Gasteiger partial charge in [0.25, 0.3) is 0 Å². The van der Waals surface area contributed by atoms with Crippen molar-refractivity contribution in [3.63, 3.8) is 0 Å². The number of aromatic amines is 1. The molecule has 0 spiro atoms. The van der Waals surface area contributed by atoms with Gasteiger partial charge in [-0.3, -0.25) is 0 Å². The Morgan fingerprint density at radius 2 is 2.36 bits per heavy atom. The van der Waals surface area contributed by atoms with E-state index in [4.69, 9.17) is 5.73 Å². The normalized spacial score (nSPS) is 20.1. The molecule has 0 radical (unpaired) electrons. The number of nitrogens with one attached hydrogen (secondary N) is 1. The maximum absolute atomic E-state index is 5.55. The molecule has 0 saturated heterocycles. The fourth-order valence-corrected chi connectivity index (χ4v) is 1.76. The predicted molar refractivity (Wildman–Crippen MR) is 45.4 cm³/mol. The van der Waals surface area contributed by atoms with Gasteiger partial charge in [-0.25, -0.2) is 0 Å². The smallest absolute Gasteiger partial charge is 0.00430 e. The number of aromatic nitrogens is 1. The second-order valence-electron chi connectivity index (χ2n) is 3.42. The van der Waals surface area contributed by atoms with Crippen LogP contribution in [-0.4, -0.2) is 11.5 Å². The third-order valence-electron chi connectivity index (χ3n) is 2.69. The number of hydrogen-bond donors (Lipinski definition) is 2. The SMILES string of the molecule is NCCC1(c2cc[nH]c2)CC1. The van der Waals surface area contributed by atoms with Crippen LogP contribution in [0.3, 0.4) is 0 Å². The third kappa shape index (κ3) is 1.07.